The number of piperidine rings is 1. The minimum Gasteiger partial charge on any atom is -0.357 e. The molecule has 8 heteroatoms. The van der Waals surface area contributed by atoms with E-state index in [1.165, 1.54) is 0 Å². The van der Waals surface area contributed by atoms with Gasteiger partial charge in [0.2, 0.25) is 11.8 Å². The zero-order valence-corrected chi connectivity index (χ0v) is 19.5. The molecule has 35 heavy (non-hydrogen) atoms. The fraction of sp³-hybridized carbons (Fsp3) is 0.259. The van der Waals surface area contributed by atoms with Crippen molar-refractivity contribution in [3.05, 3.63) is 78.1 Å². The lowest BCUT2D eigenvalue weighted by atomic mass is 9.85. The number of H-pyrrole nitrogens is 1. The first-order chi connectivity index (χ1) is 17.0. The lowest BCUT2D eigenvalue weighted by molar-refractivity contribution is -0.136. The zero-order chi connectivity index (χ0) is 24.4. The van der Waals surface area contributed by atoms with E-state index in [4.69, 9.17) is 0 Å². The molecule has 1 aliphatic rings. The Labute approximate surface area is 202 Å². The van der Waals surface area contributed by atoms with Gasteiger partial charge in [0.05, 0.1) is 11.9 Å². The third-order valence-electron chi connectivity index (χ3n) is 6.84. The molecule has 0 radical (unpaired) electrons. The van der Waals surface area contributed by atoms with Gasteiger partial charge in [0, 0.05) is 42.6 Å². The van der Waals surface area contributed by atoms with Gasteiger partial charge < -0.3 is 20.5 Å². The van der Waals surface area contributed by atoms with E-state index in [1.54, 1.807) is 24.2 Å². The summed E-state index contributed by atoms with van der Waals surface area (Å²) in [5.74, 6) is -0.601. The van der Waals surface area contributed by atoms with E-state index in [0.717, 1.165) is 27.4 Å². The van der Waals surface area contributed by atoms with Gasteiger partial charge in [-0.05, 0) is 42.7 Å². The summed E-state index contributed by atoms with van der Waals surface area (Å²) < 4.78 is 0. The number of nitrogens with zero attached hydrogens (tertiary/aromatic N) is 2. The first-order valence-electron chi connectivity index (χ1n) is 11.7. The number of likely N-dealkylation sites (tertiary alicyclic amines) is 1. The predicted octanol–water partition coefficient (Wildman–Crippen LogP) is 2.80. The van der Waals surface area contributed by atoms with Crippen LogP contribution >= 0.6 is 0 Å². The van der Waals surface area contributed by atoms with Crippen LogP contribution in [0.2, 0.25) is 0 Å². The van der Waals surface area contributed by atoms with Crippen LogP contribution in [0.3, 0.4) is 0 Å². The van der Waals surface area contributed by atoms with Crippen molar-refractivity contribution >= 4 is 39.5 Å². The molecule has 178 valence electrons. The van der Waals surface area contributed by atoms with Crippen molar-refractivity contribution in [1.29, 1.82) is 0 Å². The maximum Gasteiger partial charge on any atom is 0.268 e. The molecule has 4 aromatic rings. The molecule has 1 saturated heterocycles. The normalized spacial score (nSPS) is 15.2. The molecule has 3 amide bonds. The van der Waals surface area contributed by atoms with Crippen LogP contribution in [0.5, 0.6) is 0 Å². The van der Waals surface area contributed by atoms with Crippen LogP contribution in [0.4, 0.5) is 0 Å². The average molecular weight is 470 g/mol. The second-order valence-electron chi connectivity index (χ2n) is 8.93. The highest BCUT2D eigenvalue weighted by atomic mass is 16.2. The van der Waals surface area contributed by atoms with Gasteiger partial charge in [-0.25, -0.2) is 0 Å². The molecule has 2 aromatic heterocycles. The Balaban J connectivity index is 1.29. The summed E-state index contributed by atoms with van der Waals surface area (Å²) in [4.78, 5) is 48.3. The van der Waals surface area contributed by atoms with E-state index < -0.39 is 5.54 Å². The Morgan fingerprint density at radius 3 is 2.54 bits per heavy atom. The van der Waals surface area contributed by atoms with Crippen molar-refractivity contribution in [3.8, 4) is 0 Å². The number of fused-ring (bicyclic) bond motifs is 2. The van der Waals surface area contributed by atoms with Gasteiger partial charge in [-0.2, -0.15) is 0 Å². The molecule has 3 heterocycles. The fourth-order valence-electron chi connectivity index (χ4n) is 4.85. The number of benzene rings is 2. The zero-order valence-electron chi connectivity index (χ0n) is 19.5. The average Bonchev–Trinajstić information content (AvgIpc) is 3.33. The van der Waals surface area contributed by atoms with Crippen LogP contribution in [0.15, 0.2) is 66.9 Å². The number of carbonyl (C=O) groups excluding carboxylic acids is 3. The van der Waals surface area contributed by atoms with Crippen molar-refractivity contribution in [2.45, 2.75) is 24.8 Å². The van der Waals surface area contributed by atoms with Crippen molar-refractivity contribution in [3.63, 3.8) is 0 Å². The first-order valence-corrected chi connectivity index (χ1v) is 11.7. The molecule has 0 bridgehead atoms. The predicted molar refractivity (Wildman–Crippen MR) is 134 cm³/mol. The van der Waals surface area contributed by atoms with Crippen molar-refractivity contribution < 1.29 is 14.4 Å². The van der Waals surface area contributed by atoms with Gasteiger partial charge in [0.15, 0.2) is 0 Å². The lowest BCUT2D eigenvalue weighted by Crippen LogP contribution is -2.63. The fourth-order valence-corrected chi connectivity index (χ4v) is 4.85. The van der Waals surface area contributed by atoms with E-state index in [0.29, 0.717) is 31.6 Å². The molecule has 0 unspecified atom stereocenters. The summed E-state index contributed by atoms with van der Waals surface area (Å²) >= 11 is 0. The molecular weight excluding hydrogens is 442 g/mol. The van der Waals surface area contributed by atoms with Crippen LogP contribution in [0, 0.1) is 0 Å². The van der Waals surface area contributed by atoms with Gasteiger partial charge >= 0.3 is 0 Å². The van der Waals surface area contributed by atoms with E-state index >= 15 is 0 Å². The highest BCUT2D eigenvalue weighted by molar-refractivity contribution is 6.01. The third-order valence-corrected chi connectivity index (χ3v) is 6.84. The summed E-state index contributed by atoms with van der Waals surface area (Å²) in [7, 11) is 1.56. The molecule has 0 spiro atoms. The number of aromatic amines is 1. The van der Waals surface area contributed by atoms with Crippen LogP contribution in [0.1, 0.15) is 28.9 Å². The molecule has 1 fully saturated rings. The largest absolute Gasteiger partial charge is 0.357 e. The monoisotopic (exact) mass is 469 g/mol. The van der Waals surface area contributed by atoms with Crippen LogP contribution in [-0.4, -0.2) is 58.3 Å². The number of rotatable bonds is 5. The van der Waals surface area contributed by atoms with Crippen molar-refractivity contribution in [2.75, 3.05) is 20.1 Å². The number of aromatic nitrogens is 2. The van der Waals surface area contributed by atoms with Gasteiger partial charge in [-0.3, -0.25) is 19.4 Å². The maximum absolute atomic E-state index is 13.1. The van der Waals surface area contributed by atoms with Gasteiger partial charge in [0.1, 0.15) is 11.2 Å². The quantitative estimate of drug-likeness (QED) is 0.418. The van der Waals surface area contributed by atoms with Gasteiger partial charge in [-0.1, -0.05) is 36.4 Å². The Morgan fingerprint density at radius 2 is 1.77 bits per heavy atom. The summed E-state index contributed by atoms with van der Waals surface area (Å²) in [6, 6.07) is 19.0. The number of likely N-dealkylation sites (N-methyl/N-ethyl adjacent to an activating group) is 1. The molecule has 5 rings (SSSR count). The van der Waals surface area contributed by atoms with Gasteiger partial charge in [-0.15, -0.1) is 0 Å². The Bertz CT molecular complexity index is 1380. The topological polar surface area (TPSA) is 107 Å². The molecule has 8 nitrogen and oxygen atoms in total. The van der Waals surface area contributed by atoms with E-state index in [9.17, 15) is 14.4 Å². The maximum atomic E-state index is 13.1. The van der Waals surface area contributed by atoms with Crippen molar-refractivity contribution in [2.24, 2.45) is 0 Å². The Morgan fingerprint density at radius 1 is 1.03 bits per heavy atom. The molecule has 0 saturated carbocycles. The minimum atomic E-state index is -1.08. The molecule has 0 aliphatic carbocycles. The number of nitrogens with one attached hydrogen (secondary N) is 3. The number of hydrogen-bond acceptors (Lipinski definition) is 4. The number of amides is 3. The summed E-state index contributed by atoms with van der Waals surface area (Å²) in [6.07, 6.45) is 2.65. The highest BCUT2D eigenvalue weighted by Gasteiger charge is 2.43. The van der Waals surface area contributed by atoms with Gasteiger partial charge in [0.25, 0.3) is 5.91 Å². The standard InChI is InChI=1S/C27H27N5O3/c1-28-26(35)27(31-25(34)23-16-19-6-2-4-8-21(19)30-23)11-14-32(15-12-27)24(33)17-18-10-13-29-22-9-5-3-7-20(18)22/h2-10,13,16,30H,11-12,14-15,17H2,1H3,(H,28,35)(H,31,34). The Kier molecular flexibility index (Phi) is 5.94. The van der Waals surface area contributed by atoms with Crippen LogP contribution in [0.25, 0.3) is 21.8 Å². The summed E-state index contributed by atoms with van der Waals surface area (Å²) in [6.45, 7) is 0.754. The third kappa shape index (κ3) is 4.35. The molecular formula is C27H27N5O3. The number of pyridine rings is 1. The highest BCUT2D eigenvalue weighted by Crippen LogP contribution is 2.26. The molecule has 0 atom stereocenters. The number of hydrogen-bond donors (Lipinski definition) is 3. The SMILES string of the molecule is CNC(=O)C1(NC(=O)c2cc3ccccc3[nH]2)CCN(C(=O)Cc2ccnc3ccccc23)CC1. The van der Waals surface area contributed by atoms with Crippen molar-refractivity contribution in [1.82, 2.24) is 25.5 Å². The Hall–Kier alpha value is -4.20. The molecule has 3 N–H and O–H groups in total. The molecule has 1 aliphatic heterocycles. The lowest BCUT2D eigenvalue weighted by Gasteiger charge is -2.40. The summed E-state index contributed by atoms with van der Waals surface area (Å²) in [5.41, 5.74) is 1.96. The first kappa shape index (κ1) is 22.6. The number of para-hydroxylation sites is 2. The van der Waals surface area contributed by atoms with Crippen LogP contribution in [-0.2, 0) is 16.0 Å². The second kappa shape index (κ2) is 9.21. The second-order valence-corrected chi connectivity index (χ2v) is 8.93. The van der Waals surface area contributed by atoms with Crippen LogP contribution < -0.4 is 10.6 Å². The molecule has 2 aromatic carbocycles. The van der Waals surface area contributed by atoms with E-state index in [2.05, 4.69) is 20.6 Å². The van der Waals surface area contributed by atoms with E-state index in [1.807, 2.05) is 54.6 Å². The summed E-state index contributed by atoms with van der Waals surface area (Å²) in [5, 5.41) is 7.54. The van der Waals surface area contributed by atoms with E-state index in [-0.39, 0.29) is 24.1 Å². The minimum absolute atomic E-state index is 0.00574. The number of carbonyl (C=O) groups is 3. The smallest absolute Gasteiger partial charge is 0.268 e.